The zero-order valence-corrected chi connectivity index (χ0v) is 21.0. The molecule has 0 heterocycles. The fraction of sp³-hybridized carbons (Fsp3) is 0.438. The molecule has 0 bridgehead atoms. The molecule has 1 saturated carbocycles. The summed E-state index contributed by atoms with van der Waals surface area (Å²) in [6.45, 7) is 6.81. The summed E-state index contributed by atoms with van der Waals surface area (Å²) in [4.78, 5) is 0. The third-order valence-corrected chi connectivity index (χ3v) is 7.90. The molecule has 2 nitrogen and oxygen atoms in total. The van der Waals surface area contributed by atoms with Crippen molar-refractivity contribution in [1.82, 2.24) is 5.32 Å². The van der Waals surface area contributed by atoms with Crippen LogP contribution in [0.1, 0.15) is 84.2 Å². The molecule has 0 aromatic heterocycles. The molecule has 3 aromatic carbocycles. The summed E-state index contributed by atoms with van der Waals surface area (Å²) in [6, 6.07) is 25.6. The van der Waals surface area contributed by atoms with Crippen LogP contribution in [0.5, 0.6) is 5.75 Å². The van der Waals surface area contributed by atoms with Crippen molar-refractivity contribution >= 4 is 0 Å². The van der Waals surface area contributed by atoms with Gasteiger partial charge in [0.15, 0.2) is 0 Å². The van der Waals surface area contributed by atoms with Crippen LogP contribution in [0.4, 0.5) is 0 Å². The quantitative estimate of drug-likeness (QED) is 0.345. The van der Waals surface area contributed by atoms with E-state index in [-0.39, 0.29) is 0 Å². The van der Waals surface area contributed by atoms with Gasteiger partial charge in [-0.1, -0.05) is 68.4 Å². The van der Waals surface area contributed by atoms with E-state index in [0.29, 0.717) is 17.8 Å². The van der Waals surface area contributed by atoms with Gasteiger partial charge in [-0.05, 0) is 108 Å². The topological polar surface area (TPSA) is 21.3 Å². The van der Waals surface area contributed by atoms with Crippen molar-refractivity contribution in [2.75, 3.05) is 20.2 Å². The summed E-state index contributed by atoms with van der Waals surface area (Å²) in [5, 5.41) is 3.63. The molecule has 2 aliphatic rings. The zero-order valence-electron chi connectivity index (χ0n) is 21.0. The molecule has 2 atom stereocenters. The van der Waals surface area contributed by atoms with Crippen LogP contribution in [0.3, 0.4) is 0 Å². The highest BCUT2D eigenvalue weighted by atomic mass is 16.5. The van der Waals surface area contributed by atoms with Crippen LogP contribution >= 0.6 is 0 Å². The van der Waals surface area contributed by atoms with E-state index in [1.54, 1.807) is 7.11 Å². The molecule has 0 aliphatic heterocycles. The second kappa shape index (κ2) is 10.4. The first kappa shape index (κ1) is 23.2. The smallest absolute Gasteiger partial charge is 0.119 e. The maximum atomic E-state index is 5.54. The van der Waals surface area contributed by atoms with Gasteiger partial charge >= 0.3 is 0 Å². The fourth-order valence-electron chi connectivity index (χ4n) is 5.58. The average Bonchev–Trinajstić information content (AvgIpc) is 3.70. The van der Waals surface area contributed by atoms with E-state index in [9.17, 15) is 0 Å². The third-order valence-electron chi connectivity index (χ3n) is 7.90. The van der Waals surface area contributed by atoms with Crippen molar-refractivity contribution in [3.63, 3.8) is 0 Å². The Kier molecular flexibility index (Phi) is 7.06. The summed E-state index contributed by atoms with van der Waals surface area (Å²) in [5.74, 6) is 3.34. The summed E-state index contributed by atoms with van der Waals surface area (Å²) in [6.07, 6.45) is 6.20. The molecule has 1 fully saturated rings. The number of nitrogens with one attached hydrogen (secondary N) is 1. The monoisotopic (exact) mass is 453 g/mol. The minimum atomic E-state index is 0.376. The van der Waals surface area contributed by atoms with Gasteiger partial charge < -0.3 is 10.1 Å². The predicted octanol–water partition coefficient (Wildman–Crippen LogP) is 7.22. The Bertz CT molecular complexity index is 1080. The molecule has 0 spiro atoms. The molecule has 2 heteroatoms. The first-order valence-corrected chi connectivity index (χ1v) is 13.2. The van der Waals surface area contributed by atoms with E-state index in [4.69, 9.17) is 4.74 Å². The van der Waals surface area contributed by atoms with Gasteiger partial charge in [0.2, 0.25) is 0 Å². The molecule has 3 aromatic rings. The predicted molar refractivity (Wildman–Crippen MR) is 142 cm³/mol. The van der Waals surface area contributed by atoms with Crippen molar-refractivity contribution in [2.45, 2.75) is 63.7 Å². The lowest BCUT2D eigenvalue weighted by molar-refractivity contribution is 0.412. The van der Waals surface area contributed by atoms with Crippen molar-refractivity contribution in [2.24, 2.45) is 5.92 Å². The minimum absolute atomic E-state index is 0.376. The Labute approximate surface area is 205 Å². The van der Waals surface area contributed by atoms with Crippen LogP contribution < -0.4 is 10.1 Å². The molecule has 2 aliphatic carbocycles. The van der Waals surface area contributed by atoms with E-state index in [1.807, 2.05) is 0 Å². The Morgan fingerprint density at radius 3 is 2.29 bits per heavy atom. The molecular formula is C32H39NO. The second-order valence-electron chi connectivity index (χ2n) is 10.6. The lowest BCUT2D eigenvalue weighted by Crippen LogP contribution is -2.21. The second-order valence-corrected chi connectivity index (χ2v) is 10.6. The van der Waals surface area contributed by atoms with Gasteiger partial charge in [0.05, 0.1) is 7.11 Å². The van der Waals surface area contributed by atoms with E-state index in [2.05, 4.69) is 85.9 Å². The lowest BCUT2D eigenvalue weighted by atomic mass is 9.69. The molecule has 34 heavy (non-hydrogen) atoms. The normalized spacial score (nSPS) is 19.8. The molecule has 0 saturated heterocycles. The Morgan fingerprint density at radius 1 is 0.882 bits per heavy atom. The molecule has 0 radical (unpaired) electrons. The summed E-state index contributed by atoms with van der Waals surface area (Å²) in [5.41, 5.74) is 8.64. The zero-order chi connectivity index (χ0) is 23.5. The van der Waals surface area contributed by atoms with E-state index < -0.39 is 0 Å². The summed E-state index contributed by atoms with van der Waals surface area (Å²) < 4.78 is 5.54. The van der Waals surface area contributed by atoms with Crippen LogP contribution in [0, 0.1) is 5.92 Å². The molecule has 1 N–H and O–H groups in total. The molecule has 178 valence electrons. The standard InChI is InChI=1S/C32H39NO/c1-22(2)25-10-12-26(13-11-25)30-16-14-28-20-29(34-3)15-17-31(28)32(30)27-8-6-23(7-9-27)18-19-33-21-24-4-5-24/h6-13,15,17,20,22,24,30,32-33H,4-5,14,16,18-19,21H2,1-3H3. The summed E-state index contributed by atoms with van der Waals surface area (Å²) in [7, 11) is 1.76. The van der Waals surface area contributed by atoms with Crippen LogP contribution in [0.25, 0.3) is 0 Å². The van der Waals surface area contributed by atoms with Gasteiger partial charge in [-0.3, -0.25) is 0 Å². The van der Waals surface area contributed by atoms with Crippen molar-refractivity contribution < 1.29 is 4.74 Å². The van der Waals surface area contributed by atoms with Crippen LogP contribution in [-0.2, 0) is 12.8 Å². The Morgan fingerprint density at radius 2 is 1.62 bits per heavy atom. The maximum Gasteiger partial charge on any atom is 0.119 e. The number of aryl methyl sites for hydroxylation is 1. The Hall–Kier alpha value is -2.58. The van der Waals surface area contributed by atoms with Gasteiger partial charge in [-0.2, -0.15) is 0 Å². The maximum absolute atomic E-state index is 5.54. The first-order valence-electron chi connectivity index (χ1n) is 13.2. The van der Waals surface area contributed by atoms with Crippen molar-refractivity contribution in [1.29, 1.82) is 0 Å². The lowest BCUT2D eigenvalue weighted by Gasteiger charge is -2.35. The van der Waals surface area contributed by atoms with Gasteiger partial charge in [-0.25, -0.2) is 0 Å². The number of hydrogen-bond donors (Lipinski definition) is 1. The first-order chi connectivity index (χ1) is 16.6. The number of benzene rings is 3. The van der Waals surface area contributed by atoms with Gasteiger partial charge in [-0.15, -0.1) is 0 Å². The molecular weight excluding hydrogens is 414 g/mol. The molecule has 5 rings (SSSR count). The average molecular weight is 454 g/mol. The van der Waals surface area contributed by atoms with E-state index in [1.165, 1.54) is 59.2 Å². The van der Waals surface area contributed by atoms with Gasteiger partial charge in [0, 0.05) is 5.92 Å². The Balaban J connectivity index is 1.41. The van der Waals surface area contributed by atoms with E-state index >= 15 is 0 Å². The number of rotatable bonds is 9. The number of fused-ring (bicyclic) bond motifs is 1. The number of methoxy groups -OCH3 is 1. The summed E-state index contributed by atoms with van der Waals surface area (Å²) >= 11 is 0. The van der Waals surface area contributed by atoms with Gasteiger partial charge in [0.25, 0.3) is 0 Å². The van der Waals surface area contributed by atoms with E-state index in [0.717, 1.165) is 31.1 Å². The van der Waals surface area contributed by atoms with Crippen molar-refractivity contribution in [3.8, 4) is 5.75 Å². The highest BCUT2D eigenvalue weighted by molar-refractivity contribution is 5.48. The molecule has 2 unspecified atom stereocenters. The van der Waals surface area contributed by atoms with Crippen LogP contribution in [-0.4, -0.2) is 20.2 Å². The highest BCUT2D eigenvalue weighted by Crippen LogP contribution is 2.47. The van der Waals surface area contributed by atoms with Crippen molar-refractivity contribution in [3.05, 3.63) is 100 Å². The number of hydrogen-bond acceptors (Lipinski definition) is 2. The largest absolute Gasteiger partial charge is 0.497 e. The van der Waals surface area contributed by atoms with Crippen LogP contribution in [0.2, 0.25) is 0 Å². The molecule has 0 amide bonds. The van der Waals surface area contributed by atoms with Crippen LogP contribution in [0.15, 0.2) is 66.7 Å². The number of ether oxygens (including phenoxy) is 1. The minimum Gasteiger partial charge on any atom is -0.497 e. The fourth-order valence-corrected chi connectivity index (χ4v) is 5.58. The highest BCUT2D eigenvalue weighted by Gasteiger charge is 2.32. The van der Waals surface area contributed by atoms with Gasteiger partial charge in [0.1, 0.15) is 5.75 Å². The SMILES string of the molecule is COc1ccc2c(c1)CCC(c1ccc(C(C)C)cc1)C2c1ccc(CCNCC2CC2)cc1. The third kappa shape index (κ3) is 5.23.